The highest BCUT2D eigenvalue weighted by atomic mass is 16.5. The molecule has 0 radical (unpaired) electrons. The van der Waals surface area contributed by atoms with Gasteiger partial charge in [0.25, 0.3) is 0 Å². The van der Waals surface area contributed by atoms with Crippen LogP contribution in [0.15, 0.2) is 48.5 Å². The molecular formula is C20H24N2O3. The van der Waals surface area contributed by atoms with Crippen LogP contribution in [0.4, 0.5) is 5.69 Å². The molecule has 1 heterocycles. The number of hydrogen-bond acceptors (Lipinski definition) is 4. The standard InChI is InChI=1S/C20H24N2O3/c1-15-4-2-5-18(12-15)25-17-9-7-16(8-10-17)22-20(23)14-21-13-19-6-3-11-24-19/h2,4-5,7-10,12,19,21H,3,6,11,13-14H2,1H3,(H,22,23). The van der Waals surface area contributed by atoms with Crippen molar-refractivity contribution in [1.29, 1.82) is 0 Å². The van der Waals surface area contributed by atoms with Crippen LogP contribution in [0.5, 0.6) is 11.5 Å². The normalized spacial score (nSPS) is 16.6. The molecule has 1 unspecified atom stereocenters. The highest BCUT2D eigenvalue weighted by molar-refractivity contribution is 5.92. The predicted molar refractivity (Wildman–Crippen MR) is 98.2 cm³/mol. The average molecular weight is 340 g/mol. The molecule has 1 saturated heterocycles. The van der Waals surface area contributed by atoms with Gasteiger partial charge < -0.3 is 20.1 Å². The number of nitrogens with one attached hydrogen (secondary N) is 2. The summed E-state index contributed by atoms with van der Waals surface area (Å²) < 4.78 is 11.3. The lowest BCUT2D eigenvalue weighted by Gasteiger charge is -2.11. The van der Waals surface area contributed by atoms with E-state index < -0.39 is 0 Å². The van der Waals surface area contributed by atoms with Crippen LogP contribution < -0.4 is 15.4 Å². The second-order valence-corrected chi connectivity index (χ2v) is 6.26. The fraction of sp³-hybridized carbons (Fsp3) is 0.350. The second-order valence-electron chi connectivity index (χ2n) is 6.26. The summed E-state index contributed by atoms with van der Waals surface area (Å²) in [5, 5.41) is 6.00. The van der Waals surface area contributed by atoms with E-state index in [1.165, 1.54) is 0 Å². The molecular weight excluding hydrogens is 316 g/mol. The molecule has 132 valence electrons. The molecule has 1 fully saturated rings. The van der Waals surface area contributed by atoms with E-state index in [0.717, 1.165) is 48.7 Å². The molecule has 0 aromatic heterocycles. The Labute approximate surface area is 148 Å². The van der Waals surface area contributed by atoms with Crippen LogP contribution in [0, 0.1) is 6.92 Å². The Morgan fingerprint density at radius 1 is 1.20 bits per heavy atom. The number of rotatable bonds is 7. The van der Waals surface area contributed by atoms with Gasteiger partial charge in [0.15, 0.2) is 0 Å². The maximum atomic E-state index is 12.0. The summed E-state index contributed by atoms with van der Waals surface area (Å²) in [6, 6.07) is 15.3. The Morgan fingerprint density at radius 2 is 2.04 bits per heavy atom. The van der Waals surface area contributed by atoms with Crippen molar-refractivity contribution in [3.8, 4) is 11.5 Å². The third kappa shape index (κ3) is 5.59. The minimum Gasteiger partial charge on any atom is -0.457 e. The van der Waals surface area contributed by atoms with Gasteiger partial charge in [0.1, 0.15) is 11.5 Å². The molecule has 3 rings (SSSR count). The minimum atomic E-state index is -0.0645. The number of carbonyl (C=O) groups is 1. The maximum Gasteiger partial charge on any atom is 0.238 e. The number of anilines is 1. The van der Waals surface area contributed by atoms with E-state index in [9.17, 15) is 4.79 Å². The summed E-state index contributed by atoms with van der Waals surface area (Å²) in [5.41, 5.74) is 1.90. The van der Waals surface area contributed by atoms with Crippen molar-refractivity contribution >= 4 is 11.6 Å². The summed E-state index contributed by atoms with van der Waals surface area (Å²) in [6.45, 7) is 3.85. The average Bonchev–Trinajstić information content (AvgIpc) is 3.10. The number of ether oxygens (including phenoxy) is 2. The molecule has 0 aliphatic carbocycles. The first kappa shape index (κ1) is 17.5. The van der Waals surface area contributed by atoms with E-state index >= 15 is 0 Å². The van der Waals surface area contributed by atoms with E-state index in [4.69, 9.17) is 9.47 Å². The first-order valence-electron chi connectivity index (χ1n) is 8.66. The Hall–Kier alpha value is -2.37. The van der Waals surface area contributed by atoms with Gasteiger partial charge in [-0.25, -0.2) is 0 Å². The zero-order chi connectivity index (χ0) is 17.5. The fourth-order valence-corrected chi connectivity index (χ4v) is 2.78. The Morgan fingerprint density at radius 3 is 2.76 bits per heavy atom. The lowest BCUT2D eigenvalue weighted by molar-refractivity contribution is -0.115. The van der Waals surface area contributed by atoms with Crippen molar-refractivity contribution in [2.75, 3.05) is 25.0 Å². The third-order valence-corrected chi connectivity index (χ3v) is 4.04. The van der Waals surface area contributed by atoms with Crippen molar-refractivity contribution in [2.24, 2.45) is 0 Å². The smallest absolute Gasteiger partial charge is 0.238 e. The Balaban J connectivity index is 1.44. The van der Waals surface area contributed by atoms with Crippen molar-refractivity contribution in [2.45, 2.75) is 25.9 Å². The summed E-state index contributed by atoms with van der Waals surface area (Å²) in [5.74, 6) is 1.47. The van der Waals surface area contributed by atoms with Crippen LogP contribution in [0.1, 0.15) is 18.4 Å². The summed E-state index contributed by atoms with van der Waals surface area (Å²) >= 11 is 0. The van der Waals surface area contributed by atoms with Gasteiger partial charge in [-0.3, -0.25) is 4.79 Å². The molecule has 1 amide bonds. The van der Waals surface area contributed by atoms with E-state index in [1.807, 2.05) is 55.5 Å². The van der Waals surface area contributed by atoms with Crippen molar-refractivity contribution in [3.05, 3.63) is 54.1 Å². The van der Waals surface area contributed by atoms with E-state index in [0.29, 0.717) is 0 Å². The number of carbonyl (C=O) groups excluding carboxylic acids is 1. The zero-order valence-electron chi connectivity index (χ0n) is 14.5. The lowest BCUT2D eigenvalue weighted by Crippen LogP contribution is -2.33. The molecule has 1 aliphatic heterocycles. The number of aryl methyl sites for hydroxylation is 1. The molecule has 2 aromatic carbocycles. The van der Waals surface area contributed by atoms with Gasteiger partial charge in [-0.1, -0.05) is 12.1 Å². The first-order valence-corrected chi connectivity index (χ1v) is 8.66. The van der Waals surface area contributed by atoms with Gasteiger partial charge in [-0.2, -0.15) is 0 Å². The molecule has 2 N–H and O–H groups in total. The van der Waals surface area contributed by atoms with E-state index in [1.54, 1.807) is 0 Å². The van der Waals surface area contributed by atoms with Gasteiger partial charge in [-0.05, 0) is 61.7 Å². The number of amides is 1. The lowest BCUT2D eigenvalue weighted by atomic mass is 10.2. The number of hydrogen-bond donors (Lipinski definition) is 2. The first-order chi connectivity index (χ1) is 12.2. The molecule has 2 aromatic rings. The highest BCUT2D eigenvalue weighted by Gasteiger charge is 2.15. The minimum absolute atomic E-state index is 0.0645. The summed E-state index contributed by atoms with van der Waals surface area (Å²) in [7, 11) is 0. The Kier molecular flexibility index (Phi) is 6.04. The van der Waals surface area contributed by atoms with Crippen LogP contribution in [0.2, 0.25) is 0 Å². The van der Waals surface area contributed by atoms with Gasteiger partial charge in [0.05, 0.1) is 12.6 Å². The highest BCUT2D eigenvalue weighted by Crippen LogP contribution is 2.23. The monoisotopic (exact) mass is 340 g/mol. The molecule has 5 nitrogen and oxygen atoms in total. The SMILES string of the molecule is Cc1cccc(Oc2ccc(NC(=O)CNCC3CCCO3)cc2)c1. The van der Waals surface area contributed by atoms with E-state index in [-0.39, 0.29) is 18.6 Å². The predicted octanol–water partition coefficient (Wildman–Crippen LogP) is 3.49. The van der Waals surface area contributed by atoms with Crippen LogP contribution in [0.3, 0.4) is 0 Å². The van der Waals surface area contributed by atoms with Gasteiger partial charge in [0.2, 0.25) is 5.91 Å². The molecule has 1 atom stereocenters. The fourth-order valence-electron chi connectivity index (χ4n) is 2.78. The Bertz CT molecular complexity index is 694. The molecule has 1 aliphatic rings. The maximum absolute atomic E-state index is 12.0. The van der Waals surface area contributed by atoms with Crippen molar-refractivity contribution in [3.63, 3.8) is 0 Å². The topological polar surface area (TPSA) is 59.6 Å². The van der Waals surface area contributed by atoms with Crippen molar-refractivity contribution < 1.29 is 14.3 Å². The molecule has 0 spiro atoms. The van der Waals surface area contributed by atoms with Crippen LogP contribution in [-0.2, 0) is 9.53 Å². The van der Waals surface area contributed by atoms with Crippen LogP contribution in [0.25, 0.3) is 0 Å². The molecule has 25 heavy (non-hydrogen) atoms. The molecule has 0 saturated carbocycles. The van der Waals surface area contributed by atoms with Crippen molar-refractivity contribution in [1.82, 2.24) is 5.32 Å². The third-order valence-electron chi connectivity index (χ3n) is 4.04. The summed E-state index contributed by atoms with van der Waals surface area (Å²) in [6.07, 6.45) is 2.41. The summed E-state index contributed by atoms with van der Waals surface area (Å²) in [4.78, 5) is 12.0. The molecule has 0 bridgehead atoms. The zero-order valence-corrected chi connectivity index (χ0v) is 14.5. The van der Waals surface area contributed by atoms with E-state index in [2.05, 4.69) is 10.6 Å². The second kappa shape index (κ2) is 8.65. The largest absolute Gasteiger partial charge is 0.457 e. The van der Waals surface area contributed by atoms with Gasteiger partial charge in [-0.15, -0.1) is 0 Å². The van der Waals surface area contributed by atoms with Crippen LogP contribution >= 0.6 is 0 Å². The molecule has 5 heteroatoms. The van der Waals surface area contributed by atoms with Gasteiger partial charge >= 0.3 is 0 Å². The number of benzene rings is 2. The van der Waals surface area contributed by atoms with Gasteiger partial charge in [0, 0.05) is 18.8 Å². The quantitative estimate of drug-likeness (QED) is 0.810. The van der Waals surface area contributed by atoms with Crippen LogP contribution in [-0.4, -0.2) is 31.7 Å².